The SMILES string of the molecule is CN(C)c1ccc(NC(=S)N2CCN(c3ncc(C(F)(F)F)cc3Cl)CC2)cc1. The maximum Gasteiger partial charge on any atom is 0.417 e. The van der Waals surface area contributed by atoms with Gasteiger partial charge in [0.1, 0.15) is 5.82 Å². The topological polar surface area (TPSA) is 34.6 Å². The summed E-state index contributed by atoms with van der Waals surface area (Å²) in [5, 5.41) is 3.82. The molecule has 1 N–H and O–H groups in total. The van der Waals surface area contributed by atoms with E-state index in [0.29, 0.717) is 37.1 Å². The highest BCUT2D eigenvalue weighted by molar-refractivity contribution is 7.80. The van der Waals surface area contributed by atoms with E-state index in [1.165, 1.54) is 0 Å². The van der Waals surface area contributed by atoms with Crippen LogP contribution in [0.15, 0.2) is 36.5 Å². The van der Waals surface area contributed by atoms with Crippen LogP contribution in [0.3, 0.4) is 0 Å². The summed E-state index contributed by atoms with van der Waals surface area (Å²) in [6.45, 7) is 2.33. The first-order chi connectivity index (χ1) is 13.6. The first kappa shape index (κ1) is 21.4. The number of anilines is 3. The Bertz CT molecular complexity index is 865. The third-order valence-corrected chi connectivity index (χ3v) is 5.29. The number of hydrogen-bond acceptors (Lipinski definition) is 4. The Kier molecular flexibility index (Phi) is 6.38. The van der Waals surface area contributed by atoms with Crippen LogP contribution in [0, 0.1) is 0 Å². The zero-order valence-electron chi connectivity index (χ0n) is 16.0. The molecule has 2 aromatic rings. The van der Waals surface area contributed by atoms with Gasteiger partial charge in [0.05, 0.1) is 10.6 Å². The lowest BCUT2D eigenvalue weighted by atomic mass is 10.2. The van der Waals surface area contributed by atoms with Crippen molar-refractivity contribution in [3.8, 4) is 0 Å². The van der Waals surface area contributed by atoms with Crippen LogP contribution in [-0.4, -0.2) is 55.3 Å². The Morgan fingerprint density at radius 1 is 1.14 bits per heavy atom. The highest BCUT2D eigenvalue weighted by Crippen LogP contribution is 2.33. The van der Waals surface area contributed by atoms with Gasteiger partial charge in [0, 0.05) is 57.8 Å². The van der Waals surface area contributed by atoms with Crippen LogP contribution in [0.4, 0.5) is 30.4 Å². The number of pyridine rings is 1. The van der Waals surface area contributed by atoms with Gasteiger partial charge in [0.2, 0.25) is 0 Å². The summed E-state index contributed by atoms with van der Waals surface area (Å²) >= 11 is 11.5. The summed E-state index contributed by atoms with van der Waals surface area (Å²) in [5.74, 6) is 0.359. The number of alkyl halides is 3. The number of halogens is 4. The molecule has 0 amide bonds. The molecule has 3 rings (SSSR count). The highest BCUT2D eigenvalue weighted by atomic mass is 35.5. The van der Waals surface area contributed by atoms with E-state index >= 15 is 0 Å². The van der Waals surface area contributed by atoms with Crippen molar-refractivity contribution in [1.29, 1.82) is 0 Å². The fraction of sp³-hybridized carbons (Fsp3) is 0.368. The van der Waals surface area contributed by atoms with Crippen molar-refractivity contribution >= 4 is 46.1 Å². The fourth-order valence-corrected chi connectivity index (χ4v) is 3.57. The van der Waals surface area contributed by atoms with E-state index in [-0.39, 0.29) is 5.02 Å². The summed E-state index contributed by atoms with van der Waals surface area (Å²) < 4.78 is 38.3. The quantitative estimate of drug-likeness (QED) is 0.711. The van der Waals surface area contributed by atoms with Crippen molar-refractivity contribution in [1.82, 2.24) is 9.88 Å². The molecule has 0 spiro atoms. The lowest BCUT2D eigenvalue weighted by Crippen LogP contribution is -2.50. The monoisotopic (exact) mass is 443 g/mol. The Morgan fingerprint density at radius 3 is 2.28 bits per heavy atom. The Balaban J connectivity index is 1.58. The van der Waals surface area contributed by atoms with E-state index in [0.717, 1.165) is 23.6 Å². The number of rotatable bonds is 3. The predicted molar refractivity (Wildman–Crippen MR) is 115 cm³/mol. The molecule has 1 aromatic heterocycles. The summed E-state index contributed by atoms with van der Waals surface area (Å²) in [6.07, 6.45) is -3.65. The van der Waals surface area contributed by atoms with Crippen LogP contribution < -0.4 is 15.1 Å². The second-order valence-electron chi connectivity index (χ2n) is 6.87. The zero-order chi connectivity index (χ0) is 21.2. The van der Waals surface area contributed by atoms with Crippen LogP contribution in [0.2, 0.25) is 5.02 Å². The lowest BCUT2D eigenvalue weighted by Gasteiger charge is -2.37. The molecule has 1 aliphatic heterocycles. The first-order valence-electron chi connectivity index (χ1n) is 8.96. The molecule has 0 bridgehead atoms. The van der Waals surface area contributed by atoms with Gasteiger partial charge in [-0.25, -0.2) is 4.98 Å². The molecule has 156 valence electrons. The van der Waals surface area contributed by atoms with Gasteiger partial charge in [-0.05, 0) is 42.5 Å². The van der Waals surface area contributed by atoms with Gasteiger partial charge in [-0.2, -0.15) is 13.2 Å². The smallest absolute Gasteiger partial charge is 0.378 e. The Morgan fingerprint density at radius 2 is 1.76 bits per heavy atom. The minimum absolute atomic E-state index is 0.00467. The van der Waals surface area contributed by atoms with Crippen molar-refractivity contribution < 1.29 is 13.2 Å². The second-order valence-corrected chi connectivity index (χ2v) is 7.67. The molecule has 2 heterocycles. The highest BCUT2D eigenvalue weighted by Gasteiger charge is 2.32. The van der Waals surface area contributed by atoms with Gasteiger partial charge < -0.3 is 20.0 Å². The van der Waals surface area contributed by atoms with Gasteiger partial charge >= 0.3 is 6.18 Å². The van der Waals surface area contributed by atoms with Gasteiger partial charge in [-0.3, -0.25) is 0 Å². The molecule has 10 heteroatoms. The van der Waals surface area contributed by atoms with E-state index in [4.69, 9.17) is 23.8 Å². The average molecular weight is 444 g/mol. The maximum absolute atomic E-state index is 12.8. The largest absolute Gasteiger partial charge is 0.417 e. The molecule has 0 radical (unpaired) electrons. The molecule has 0 saturated carbocycles. The predicted octanol–water partition coefficient (Wildman–Crippen LogP) is 4.34. The molecule has 0 unspecified atom stereocenters. The molecule has 0 aliphatic carbocycles. The molecular formula is C19H21ClF3N5S. The van der Waals surface area contributed by atoms with Crippen molar-refractivity contribution in [3.63, 3.8) is 0 Å². The summed E-state index contributed by atoms with van der Waals surface area (Å²) in [6, 6.07) is 8.84. The van der Waals surface area contributed by atoms with Crippen molar-refractivity contribution in [2.75, 3.05) is 55.4 Å². The average Bonchev–Trinajstić information content (AvgIpc) is 2.68. The van der Waals surface area contributed by atoms with E-state index in [2.05, 4.69) is 10.3 Å². The maximum atomic E-state index is 12.8. The van der Waals surface area contributed by atoms with Crippen molar-refractivity contribution in [2.45, 2.75) is 6.18 Å². The van der Waals surface area contributed by atoms with Gasteiger partial charge in [0.25, 0.3) is 0 Å². The third kappa shape index (κ3) is 5.22. The minimum atomic E-state index is -4.46. The molecule has 29 heavy (non-hydrogen) atoms. The van der Waals surface area contributed by atoms with E-state index < -0.39 is 11.7 Å². The molecule has 1 saturated heterocycles. The lowest BCUT2D eigenvalue weighted by molar-refractivity contribution is -0.137. The fourth-order valence-electron chi connectivity index (χ4n) is 2.99. The normalized spacial score (nSPS) is 14.7. The van der Waals surface area contributed by atoms with Crippen LogP contribution in [-0.2, 0) is 6.18 Å². The van der Waals surface area contributed by atoms with Crippen molar-refractivity contribution in [2.24, 2.45) is 0 Å². The molecule has 1 fully saturated rings. The molecule has 0 atom stereocenters. The number of aromatic nitrogens is 1. The molecule has 5 nitrogen and oxygen atoms in total. The van der Waals surface area contributed by atoms with Gasteiger partial charge in [-0.1, -0.05) is 11.6 Å². The van der Waals surface area contributed by atoms with Gasteiger partial charge in [0.15, 0.2) is 5.11 Å². The Labute approximate surface area is 178 Å². The number of thiocarbonyl (C=S) groups is 1. The van der Waals surface area contributed by atoms with Crippen LogP contribution in [0.5, 0.6) is 0 Å². The van der Waals surface area contributed by atoms with E-state index in [1.54, 1.807) is 0 Å². The van der Waals surface area contributed by atoms with E-state index in [9.17, 15) is 13.2 Å². The van der Waals surface area contributed by atoms with Crippen LogP contribution in [0.1, 0.15) is 5.56 Å². The van der Waals surface area contributed by atoms with E-state index in [1.807, 2.05) is 53.1 Å². The molecule has 1 aliphatic rings. The number of hydrogen-bond donors (Lipinski definition) is 1. The number of nitrogens with zero attached hydrogens (tertiary/aromatic N) is 4. The van der Waals surface area contributed by atoms with Crippen molar-refractivity contribution in [3.05, 3.63) is 47.1 Å². The summed E-state index contributed by atoms with van der Waals surface area (Å²) in [5.41, 5.74) is 1.14. The van der Waals surface area contributed by atoms with Crippen LogP contribution >= 0.6 is 23.8 Å². The molecular weight excluding hydrogens is 423 g/mol. The first-order valence-corrected chi connectivity index (χ1v) is 9.75. The standard InChI is InChI=1S/C19H21ClF3N5S/c1-26(2)15-5-3-14(4-6-15)25-18(29)28-9-7-27(8-10-28)17-16(20)11-13(12-24-17)19(21,22)23/h3-6,11-12H,7-10H2,1-2H3,(H,25,29). The molecule has 1 aromatic carbocycles. The summed E-state index contributed by atoms with van der Waals surface area (Å²) in [7, 11) is 3.95. The second kappa shape index (κ2) is 8.62. The Hall–Kier alpha value is -2.26. The number of piperazine rings is 1. The number of nitrogens with one attached hydrogen (secondary N) is 1. The van der Waals surface area contributed by atoms with Crippen LogP contribution in [0.25, 0.3) is 0 Å². The summed E-state index contributed by atoms with van der Waals surface area (Å²) in [4.78, 5) is 9.83. The van der Waals surface area contributed by atoms with Gasteiger partial charge in [-0.15, -0.1) is 0 Å². The minimum Gasteiger partial charge on any atom is -0.378 e. The third-order valence-electron chi connectivity index (χ3n) is 4.65. The number of benzene rings is 1. The zero-order valence-corrected chi connectivity index (χ0v) is 17.6.